The number of carbonyl (C=O) groups is 1. The predicted molar refractivity (Wildman–Crippen MR) is 68.4 cm³/mol. The highest BCUT2D eigenvalue weighted by atomic mass is 16.5. The number of nitrogens with zero attached hydrogens (tertiary/aromatic N) is 1. The molecule has 0 saturated carbocycles. The van der Waals surface area contributed by atoms with E-state index >= 15 is 0 Å². The molecule has 1 heterocycles. The third-order valence-electron chi connectivity index (χ3n) is 3.16. The van der Waals surface area contributed by atoms with Crippen LogP contribution in [-0.2, 0) is 6.42 Å². The number of aromatic nitrogens is 1. The van der Waals surface area contributed by atoms with Gasteiger partial charge in [-0.05, 0) is 25.7 Å². The molecule has 0 aliphatic rings. The fourth-order valence-electron chi connectivity index (χ4n) is 1.91. The van der Waals surface area contributed by atoms with E-state index in [1.807, 2.05) is 6.92 Å². The van der Waals surface area contributed by atoms with Gasteiger partial charge in [0.15, 0.2) is 0 Å². The van der Waals surface area contributed by atoms with Gasteiger partial charge in [0, 0.05) is 13.2 Å². The number of carbonyl (C=O) groups excluding carboxylic acids is 1. The van der Waals surface area contributed by atoms with Gasteiger partial charge < -0.3 is 14.9 Å². The Morgan fingerprint density at radius 2 is 2.22 bits per heavy atom. The summed E-state index contributed by atoms with van der Waals surface area (Å²) in [6.45, 7) is 6.46. The average molecular weight is 254 g/mol. The number of hydrogen-bond acceptors (Lipinski definition) is 4. The highest BCUT2D eigenvalue weighted by Crippen LogP contribution is 2.14. The van der Waals surface area contributed by atoms with Crippen molar-refractivity contribution >= 4 is 5.91 Å². The Hall–Kier alpha value is -1.36. The summed E-state index contributed by atoms with van der Waals surface area (Å²) in [6.07, 6.45) is 2.32. The second-order valence-electron chi connectivity index (χ2n) is 4.41. The monoisotopic (exact) mass is 254 g/mol. The van der Waals surface area contributed by atoms with Gasteiger partial charge in [-0.25, -0.2) is 0 Å². The summed E-state index contributed by atoms with van der Waals surface area (Å²) in [4.78, 5) is 12.1. The van der Waals surface area contributed by atoms with Crippen molar-refractivity contribution in [2.45, 2.75) is 40.0 Å². The average Bonchev–Trinajstić information content (AvgIpc) is 2.75. The van der Waals surface area contributed by atoms with Crippen LogP contribution in [0.2, 0.25) is 0 Å². The number of rotatable bonds is 7. The molecule has 2 N–H and O–H groups in total. The maximum atomic E-state index is 12.1. The minimum absolute atomic E-state index is 0.137. The second-order valence-corrected chi connectivity index (χ2v) is 4.41. The normalized spacial score (nSPS) is 12.4. The molecule has 5 nitrogen and oxygen atoms in total. The van der Waals surface area contributed by atoms with Crippen LogP contribution in [0.3, 0.4) is 0 Å². The fraction of sp³-hybridized carbons (Fsp3) is 0.692. The van der Waals surface area contributed by atoms with Gasteiger partial charge in [0.25, 0.3) is 5.91 Å². The minimum Gasteiger partial charge on any atom is -0.396 e. The minimum atomic E-state index is -0.137. The Balaban J connectivity index is 2.62. The molecule has 0 radical (unpaired) electrons. The standard InChI is InChI=1S/C13H22N2O3/c1-4-10(6-7-16)8-14-13(17)12-9(3)18-15-11(12)5-2/h10,16H,4-8H2,1-3H3,(H,14,17). The molecule has 1 amide bonds. The predicted octanol–water partition coefficient (Wildman–Crippen LogP) is 1.68. The molecule has 1 atom stereocenters. The molecule has 5 heteroatoms. The van der Waals surface area contributed by atoms with E-state index in [1.54, 1.807) is 6.92 Å². The summed E-state index contributed by atoms with van der Waals surface area (Å²) >= 11 is 0. The first kappa shape index (κ1) is 14.7. The van der Waals surface area contributed by atoms with Crippen molar-refractivity contribution in [2.24, 2.45) is 5.92 Å². The largest absolute Gasteiger partial charge is 0.396 e. The van der Waals surface area contributed by atoms with Crippen LogP contribution in [0, 0.1) is 12.8 Å². The molecular formula is C13H22N2O3. The first-order valence-electron chi connectivity index (χ1n) is 6.48. The molecule has 0 saturated heterocycles. The van der Waals surface area contributed by atoms with Crippen molar-refractivity contribution in [3.05, 3.63) is 17.0 Å². The van der Waals surface area contributed by atoms with Gasteiger partial charge in [0.1, 0.15) is 11.3 Å². The summed E-state index contributed by atoms with van der Waals surface area (Å²) in [5.74, 6) is 0.728. The fourth-order valence-corrected chi connectivity index (χ4v) is 1.91. The molecule has 18 heavy (non-hydrogen) atoms. The van der Waals surface area contributed by atoms with E-state index in [1.165, 1.54) is 0 Å². The molecule has 0 aliphatic carbocycles. The highest BCUT2D eigenvalue weighted by Gasteiger charge is 2.19. The molecule has 1 aromatic rings. The lowest BCUT2D eigenvalue weighted by molar-refractivity contribution is 0.0941. The number of aliphatic hydroxyl groups is 1. The van der Waals surface area contributed by atoms with Crippen LogP contribution in [-0.4, -0.2) is 29.3 Å². The van der Waals surface area contributed by atoms with E-state index in [-0.39, 0.29) is 12.5 Å². The van der Waals surface area contributed by atoms with E-state index < -0.39 is 0 Å². The van der Waals surface area contributed by atoms with Crippen molar-refractivity contribution in [2.75, 3.05) is 13.2 Å². The van der Waals surface area contributed by atoms with Crippen LogP contribution in [0.5, 0.6) is 0 Å². The Bertz CT molecular complexity index is 388. The van der Waals surface area contributed by atoms with Gasteiger partial charge in [0.05, 0.1) is 5.69 Å². The topological polar surface area (TPSA) is 75.4 Å². The highest BCUT2D eigenvalue weighted by molar-refractivity contribution is 5.96. The van der Waals surface area contributed by atoms with Crippen LogP contribution in [0.25, 0.3) is 0 Å². The maximum absolute atomic E-state index is 12.1. The maximum Gasteiger partial charge on any atom is 0.256 e. The Morgan fingerprint density at radius 3 is 2.78 bits per heavy atom. The quantitative estimate of drug-likeness (QED) is 0.776. The number of amides is 1. The van der Waals surface area contributed by atoms with Crippen LogP contribution in [0.4, 0.5) is 0 Å². The zero-order valence-corrected chi connectivity index (χ0v) is 11.3. The third kappa shape index (κ3) is 3.57. The van der Waals surface area contributed by atoms with Gasteiger partial charge in [-0.15, -0.1) is 0 Å². The van der Waals surface area contributed by atoms with Gasteiger partial charge in [-0.3, -0.25) is 4.79 Å². The summed E-state index contributed by atoms with van der Waals surface area (Å²) in [5, 5.41) is 15.7. The molecule has 0 spiro atoms. The molecule has 1 rings (SSSR count). The number of aliphatic hydroxyl groups excluding tert-OH is 1. The first-order valence-corrected chi connectivity index (χ1v) is 6.48. The lowest BCUT2D eigenvalue weighted by Crippen LogP contribution is -2.30. The van der Waals surface area contributed by atoms with Crippen LogP contribution < -0.4 is 5.32 Å². The SMILES string of the molecule is CCc1noc(C)c1C(=O)NCC(CC)CCO. The number of nitrogens with one attached hydrogen (secondary N) is 1. The molecule has 0 bridgehead atoms. The van der Waals surface area contributed by atoms with E-state index in [2.05, 4.69) is 17.4 Å². The summed E-state index contributed by atoms with van der Waals surface area (Å²) in [5.41, 5.74) is 1.25. The van der Waals surface area contributed by atoms with Gasteiger partial charge in [0.2, 0.25) is 0 Å². The lowest BCUT2D eigenvalue weighted by atomic mass is 10.0. The Kier molecular flexibility index (Phi) is 5.85. The molecule has 102 valence electrons. The van der Waals surface area contributed by atoms with Crippen LogP contribution >= 0.6 is 0 Å². The third-order valence-corrected chi connectivity index (χ3v) is 3.16. The number of hydrogen-bond donors (Lipinski definition) is 2. The van der Waals surface area contributed by atoms with Gasteiger partial charge in [-0.2, -0.15) is 0 Å². The molecular weight excluding hydrogens is 232 g/mol. The second kappa shape index (κ2) is 7.16. The lowest BCUT2D eigenvalue weighted by Gasteiger charge is -2.14. The van der Waals surface area contributed by atoms with E-state index in [4.69, 9.17) is 9.63 Å². The van der Waals surface area contributed by atoms with Gasteiger partial charge in [-0.1, -0.05) is 25.4 Å². The molecule has 1 aromatic heterocycles. The van der Waals surface area contributed by atoms with E-state index in [0.29, 0.717) is 42.3 Å². The first-order chi connectivity index (χ1) is 8.63. The Labute approximate surface area is 108 Å². The Morgan fingerprint density at radius 1 is 1.50 bits per heavy atom. The molecule has 0 aromatic carbocycles. The van der Waals surface area contributed by atoms with Crippen molar-refractivity contribution in [1.82, 2.24) is 10.5 Å². The van der Waals surface area contributed by atoms with Crippen LogP contribution in [0.1, 0.15) is 48.5 Å². The van der Waals surface area contributed by atoms with Crippen molar-refractivity contribution < 1.29 is 14.4 Å². The molecule has 0 aliphatic heterocycles. The van der Waals surface area contributed by atoms with Crippen LogP contribution in [0.15, 0.2) is 4.52 Å². The zero-order chi connectivity index (χ0) is 13.5. The smallest absolute Gasteiger partial charge is 0.256 e. The summed E-state index contributed by atoms with van der Waals surface area (Å²) < 4.78 is 5.04. The molecule has 1 unspecified atom stereocenters. The van der Waals surface area contributed by atoms with Crippen molar-refractivity contribution in [3.8, 4) is 0 Å². The zero-order valence-electron chi connectivity index (χ0n) is 11.3. The van der Waals surface area contributed by atoms with E-state index in [9.17, 15) is 4.79 Å². The van der Waals surface area contributed by atoms with E-state index in [0.717, 1.165) is 6.42 Å². The van der Waals surface area contributed by atoms with Crippen molar-refractivity contribution in [1.29, 1.82) is 0 Å². The summed E-state index contributed by atoms with van der Waals surface area (Å²) in [6, 6.07) is 0. The van der Waals surface area contributed by atoms with Gasteiger partial charge >= 0.3 is 0 Å². The molecule has 0 fully saturated rings. The van der Waals surface area contributed by atoms with Crippen molar-refractivity contribution in [3.63, 3.8) is 0 Å². The summed E-state index contributed by atoms with van der Waals surface area (Å²) in [7, 11) is 0. The number of aryl methyl sites for hydroxylation is 2.